The molecule has 3 rings (SSSR count). The Morgan fingerprint density at radius 1 is 1.04 bits per heavy atom. The molecular weight excluding hydrogens is 324 g/mol. The number of hydrogen-bond acceptors (Lipinski definition) is 3. The Hall–Kier alpha value is -2.85. The number of amides is 1. The normalized spacial score (nSPS) is 11.3. The third-order valence-corrected chi connectivity index (χ3v) is 3.75. The first kappa shape index (κ1) is 16.0. The molecule has 0 saturated carbocycles. The molecule has 1 N–H and O–H groups in total. The molecule has 0 radical (unpaired) electrons. The molecule has 5 heteroatoms. The lowest BCUT2D eigenvalue weighted by Gasteiger charge is -2.06. The van der Waals surface area contributed by atoms with Crippen molar-refractivity contribution in [3.05, 3.63) is 77.3 Å². The maximum absolute atomic E-state index is 11.8. The molecule has 4 nitrogen and oxygen atoms in total. The highest BCUT2D eigenvalue weighted by Crippen LogP contribution is 2.19. The summed E-state index contributed by atoms with van der Waals surface area (Å²) in [4.78, 5) is 16.8. The minimum Gasteiger partial charge on any atom is -0.298 e. The van der Waals surface area contributed by atoms with E-state index in [4.69, 9.17) is 16.4 Å². The SMILES string of the molecule is C/C(=N\OC(=O)Nc1cccc(Cl)c1)c1cccc2ccccc12. The number of nitrogens with zero attached hydrogens (tertiary/aromatic N) is 1. The van der Waals surface area contributed by atoms with Crippen LogP contribution in [0.5, 0.6) is 0 Å². The topological polar surface area (TPSA) is 50.7 Å². The predicted molar refractivity (Wildman–Crippen MR) is 97.7 cm³/mol. The Labute approximate surface area is 144 Å². The van der Waals surface area contributed by atoms with E-state index in [2.05, 4.69) is 10.5 Å². The smallest absolute Gasteiger partial charge is 0.298 e. The van der Waals surface area contributed by atoms with E-state index >= 15 is 0 Å². The van der Waals surface area contributed by atoms with E-state index in [1.807, 2.05) is 42.5 Å². The van der Waals surface area contributed by atoms with Gasteiger partial charge in [-0.2, -0.15) is 0 Å². The van der Waals surface area contributed by atoms with Crippen LogP contribution in [-0.2, 0) is 4.84 Å². The van der Waals surface area contributed by atoms with Crippen molar-refractivity contribution >= 4 is 39.9 Å². The van der Waals surface area contributed by atoms with Gasteiger partial charge in [0, 0.05) is 16.3 Å². The van der Waals surface area contributed by atoms with Gasteiger partial charge in [-0.05, 0) is 35.9 Å². The molecule has 3 aromatic carbocycles. The van der Waals surface area contributed by atoms with Gasteiger partial charge in [0.25, 0.3) is 0 Å². The minimum absolute atomic E-state index is 0.531. The van der Waals surface area contributed by atoms with Gasteiger partial charge in [-0.15, -0.1) is 0 Å². The summed E-state index contributed by atoms with van der Waals surface area (Å²) in [6.07, 6.45) is -0.670. The van der Waals surface area contributed by atoms with Crippen LogP contribution in [0.3, 0.4) is 0 Å². The van der Waals surface area contributed by atoms with Crippen LogP contribution >= 0.6 is 11.6 Å². The van der Waals surface area contributed by atoms with Gasteiger partial charge >= 0.3 is 6.09 Å². The maximum atomic E-state index is 11.8. The molecule has 0 aliphatic carbocycles. The molecule has 24 heavy (non-hydrogen) atoms. The fourth-order valence-electron chi connectivity index (χ4n) is 2.41. The number of halogens is 1. The highest BCUT2D eigenvalue weighted by Gasteiger charge is 2.07. The van der Waals surface area contributed by atoms with Crippen molar-refractivity contribution in [2.45, 2.75) is 6.92 Å². The monoisotopic (exact) mass is 338 g/mol. The fourth-order valence-corrected chi connectivity index (χ4v) is 2.60. The lowest BCUT2D eigenvalue weighted by Crippen LogP contribution is -2.12. The van der Waals surface area contributed by atoms with Gasteiger partial charge in [0.05, 0.1) is 5.71 Å². The zero-order chi connectivity index (χ0) is 16.9. The number of carbonyl (C=O) groups excluding carboxylic acids is 1. The number of oxime groups is 1. The standard InChI is InChI=1S/C19H15ClN2O2/c1-13(17-11-4-7-14-6-2-3-10-18(14)17)22-24-19(23)21-16-9-5-8-15(20)12-16/h2-12H,1H3,(H,21,23)/b22-13+. The van der Waals surface area contributed by atoms with Crippen LogP contribution in [0.1, 0.15) is 12.5 Å². The average molecular weight is 339 g/mol. The lowest BCUT2D eigenvalue weighted by molar-refractivity contribution is 0.166. The van der Waals surface area contributed by atoms with Crippen molar-refractivity contribution in [3.8, 4) is 0 Å². The first-order valence-electron chi connectivity index (χ1n) is 7.40. The Morgan fingerprint density at radius 2 is 1.79 bits per heavy atom. The molecule has 120 valence electrons. The molecule has 0 saturated heterocycles. The number of benzene rings is 3. The molecule has 0 fully saturated rings. The molecule has 3 aromatic rings. The molecule has 0 bridgehead atoms. The molecule has 0 aromatic heterocycles. The van der Waals surface area contributed by atoms with Gasteiger partial charge in [0.2, 0.25) is 0 Å². The highest BCUT2D eigenvalue weighted by molar-refractivity contribution is 6.30. The zero-order valence-corrected chi connectivity index (χ0v) is 13.7. The summed E-state index contributed by atoms with van der Waals surface area (Å²) in [5, 5.41) is 9.20. The van der Waals surface area contributed by atoms with Crippen molar-refractivity contribution in [3.63, 3.8) is 0 Å². The largest absolute Gasteiger partial charge is 0.437 e. The van der Waals surface area contributed by atoms with Crippen molar-refractivity contribution < 1.29 is 9.63 Å². The van der Waals surface area contributed by atoms with E-state index in [1.54, 1.807) is 31.2 Å². The first-order valence-corrected chi connectivity index (χ1v) is 7.77. The van der Waals surface area contributed by atoms with E-state index in [0.29, 0.717) is 16.4 Å². The van der Waals surface area contributed by atoms with Gasteiger partial charge in [-0.25, -0.2) is 4.79 Å². The third-order valence-electron chi connectivity index (χ3n) is 3.52. The molecule has 0 aliphatic heterocycles. The molecular formula is C19H15ClN2O2. The van der Waals surface area contributed by atoms with Gasteiger partial charge in [0.1, 0.15) is 0 Å². The van der Waals surface area contributed by atoms with Gasteiger partial charge < -0.3 is 0 Å². The van der Waals surface area contributed by atoms with Crippen LogP contribution in [0.2, 0.25) is 5.02 Å². The second-order valence-corrected chi connectivity index (χ2v) is 5.65. The second-order valence-electron chi connectivity index (χ2n) is 5.22. The van der Waals surface area contributed by atoms with Crippen LogP contribution in [0, 0.1) is 0 Å². The number of hydrogen-bond donors (Lipinski definition) is 1. The first-order chi connectivity index (χ1) is 11.6. The summed E-state index contributed by atoms with van der Waals surface area (Å²) < 4.78 is 0. The zero-order valence-electron chi connectivity index (χ0n) is 13.0. The lowest BCUT2D eigenvalue weighted by atomic mass is 10.0. The van der Waals surface area contributed by atoms with Crippen LogP contribution in [0.25, 0.3) is 10.8 Å². The van der Waals surface area contributed by atoms with E-state index in [1.165, 1.54) is 0 Å². The number of rotatable bonds is 3. The number of fused-ring (bicyclic) bond motifs is 1. The second kappa shape index (κ2) is 7.15. The number of nitrogens with one attached hydrogen (secondary N) is 1. The molecule has 0 heterocycles. The van der Waals surface area contributed by atoms with Crippen molar-refractivity contribution in [2.24, 2.45) is 5.16 Å². The van der Waals surface area contributed by atoms with Crippen molar-refractivity contribution in [1.29, 1.82) is 0 Å². The van der Waals surface area contributed by atoms with Crippen LogP contribution in [0.15, 0.2) is 71.9 Å². The van der Waals surface area contributed by atoms with E-state index in [9.17, 15) is 4.79 Å². The molecule has 0 unspecified atom stereocenters. The Balaban J connectivity index is 1.75. The van der Waals surface area contributed by atoms with Crippen molar-refractivity contribution in [1.82, 2.24) is 0 Å². The van der Waals surface area contributed by atoms with Crippen molar-refractivity contribution in [2.75, 3.05) is 5.32 Å². The fraction of sp³-hybridized carbons (Fsp3) is 0.0526. The van der Waals surface area contributed by atoms with Gasteiger partial charge in [-0.3, -0.25) is 10.2 Å². The summed E-state index contributed by atoms with van der Waals surface area (Å²) in [5.41, 5.74) is 2.09. The van der Waals surface area contributed by atoms with Gasteiger partial charge in [0.15, 0.2) is 0 Å². The summed E-state index contributed by atoms with van der Waals surface area (Å²) >= 11 is 5.87. The summed E-state index contributed by atoms with van der Waals surface area (Å²) in [6.45, 7) is 1.80. The predicted octanol–water partition coefficient (Wildman–Crippen LogP) is 5.47. The van der Waals surface area contributed by atoms with Crippen LogP contribution in [0.4, 0.5) is 10.5 Å². The molecule has 0 spiro atoms. The number of carbonyl (C=O) groups is 1. The van der Waals surface area contributed by atoms with Crippen LogP contribution < -0.4 is 5.32 Å². The summed E-state index contributed by atoms with van der Waals surface area (Å²) in [6, 6.07) is 20.7. The third kappa shape index (κ3) is 3.73. The van der Waals surface area contributed by atoms with E-state index in [0.717, 1.165) is 16.3 Å². The Kier molecular flexibility index (Phi) is 4.77. The molecule has 0 aliphatic rings. The van der Waals surface area contributed by atoms with Gasteiger partial charge in [-0.1, -0.05) is 65.3 Å². The van der Waals surface area contributed by atoms with E-state index in [-0.39, 0.29) is 0 Å². The molecule has 0 atom stereocenters. The van der Waals surface area contributed by atoms with E-state index < -0.39 is 6.09 Å². The quantitative estimate of drug-likeness (QED) is 0.391. The molecule has 1 amide bonds. The summed E-state index contributed by atoms with van der Waals surface area (Å²) in [7, 11) is 0. The maximum Gasteiger partial charge on any atom is 0.437 e. The Bertz CT molecular complexity index is 917. The van der Waals surface area contributed by atoms with Crippen LogP contribution in [-0.4, -0.2) is 11.8 Å². The minimum atomic E-state index is -0.670. The summed E-state index contributed by atoms with van der Waals surface area (Å²) in [5.74, 6) is 0. The Morgan fingerprint density at radius 3 is 2.62 bits per heavy atom. The highest BCUT2D eigenvalue weighted by atomic mass is 35.5. The number of anilines is 1. The average Bonchev–Trinajstić information content (AvgIpc) is 2.59.